The number of alkyl halides is 3. The molecule has 3 fully saturated rings. The standard InChI is InChI=1S/C28H34ClF4N5O.H2/c1-2-22-17-37(26-25(29)13-19(15-34-26)27(39)35-21-5-6-21)11-12-38(22)23-7-9-36(10-8-23)16-18-3-4-20(30)14-24(18)28(31,32)33;/h3-4,13-15,21-23H,2,5-12,16-17H2,1H3,(H,35,39);1H/t22-;/m0./s1. The number of piperidine rings is 1. The maximum Gasteiger partial charge on any atom is 0.416 e. The molecule has 5 rings (SSSR count). The smallest absolute Gasteiger partial charge is 0.353 e. The number of anilines is 1. The van der Waals surface area contributed by atoms with Crippen molar-refractivity contribution in [2.45, 2.75) is 69.9 Å². The topological polar surface area (TPSA) is 51.7 Å². The monoisotopic (exact) mass is 569 g/mol. The van der Waals surface area contributed by atoms with Gasteiger partial charge in [0.2, 0.25) is 0 Å². The lowest BCUT2D eigenvalue weighted by molar-refractivity contribution is -0.138. The first-order valence-corrected chi connectivity index (χ1v) is 14.0. The van der Waals surface area contributed by atoms with Crippen LogP contribution in [0.2, 0.25) is 5.02 Å². The van der Waals surface area contributed by atoms with Crippen LogP contribution in [-0.2, 0) is 12.7 Å². The fraction of sp³-hybridized carbons (Fsp3) is 0.571. The van der Waals surface area contributed by atoms with Crippen molar-refractivity contribution in [3.05, 3.63) is 58.0 Å². The van der Waals surface area contributed by atoms with Crippen LogP contribution in [0.5, 0.6) is 0 Å². The Morgan fingerprint density at radius 1 is 1.13 bits per heavy atom. The Kier molecular flexibility index (Phi) is 8.35. The molecule has 39 heavy (non-hydrogen) atoms. The molecule has 0 unspecified atom stereocenters. The number of hydrogen-bond acceptors (Lipinski definition) is 5. The van der Waals surface area contributed by atoms with Gasteiger partial charge in [-0.1, -0.05) is 24.6 Å². The number of aromatic nitrogens is 1. The molecule has 1 aliphatic carbocycles. The molecule has 1 aromatic carbocycles. The maximum atomic E-state index is 13.5. The van der Waals surface area contributed by atoms with Gasteiger partial charge < -0.3 is 10.2 Å². The average molecular weight is 570 g/mol. The second-order valence-electron chi connectivity index (χ2n) is 10.8. The summed E-state index contributed by atoms with van der Waals surface area (Å²) in [4.78, 5) is 23.6. The molecule has 0 spiro atoms. The highest BCUT2D eigenvalue weighted by atomic mass is 35.5. The number of halogens is 5. The van der Waals surface area contributed by atoms with Gasteiger partial charge in [-0.25, -0.2) is 9.37 Å². The molecule has 1 saturated carbocycles. The highest BCUT2D eigenvalue weighted by Crippen LogP contribution is 2.34. The van der Waals surface area contributed by atoms with Crippen molar-refractivity contribution in [3.63, 3.8) is 0 Å². The Morgan fingerprint density at radius 3 is 2.51 bits per heavy atom. The van der Waals surface area contributed by atoms with E-state index in [0.29, 0.717) is 47.6 Å². The molecule has 2 aromatic rings. The molecule has 2 aliphatic heterocycles. The zero-order valence-corrected chi connectivity index (χ0v) is 22.7. The van der Waals surface area contributed by atoms with Crippen LogP contribution in [0.25, 0.3) is 0 Å². The van der Waals surface area contributed by atoms with Gasteiger partial charge in [0.15, 0.2) is 0 Å². The summed E-state index contributed by atoms with van der Waals surface area (Å²) in [6.07, 6.45) is 1.71. The molecule has 0 radical (unpaired) electrons. The van der Waals surface area contributed by atoms with E-state index in [-0.39, 0.29) is 25.5 Å². The van der Waals surface area contributed by atoms with E-state index in [1.807, 2.05) is 4.90 Å². The first kappa shape index (κ1) is 28.1. The Bertz CT molecular complexity index is 1190. The lowest BCUT2D eigenvalue weighted by Gasteiger charge is -2.47. The maximum absolute atomic E-state index is 13.5. The van der Waals surface area contributed by atoms with Gasteiger partial charge in [0.25, 0.3) is 5.91 Å². The molecule has 6 nitrogen and oxygen atoms in total. The van der Waals surface area contributed by atoms with E-state index in [0.717, 1.165) is 57.8 Å². The lowest BCUT2D eigenvalue weighted by Crippen LogP contribution is -2.58. The minimum absolute atomic E-state index is 0. The van der Waals surface area contributed by atoms with Crippen molar-refractivity contribution in [3.8, 4) is 0 Å². The number of amides is 1. The highest BCUT2D eigenvalue weighted by molar-refractivity contribution is 6.33. The largest absolute Gasteiger partial charge is 0.416 e. The van der Waals surface area contributed by atoms with E-state index in [1.54, 1.807) is 12.3 Å². The zero-order chi connectivity index (χ0) is 27.7. The second kappa shape index (κ2) is 11.6. The molecule has 1 amide bonds. The summed E-state index contributed by atoms with van der Waals surface area (Å²) in [7, 11) is 0. The first-order chi connectivity index (χ1) is 18.6. The molecule has 1 aromatic heterocycles. The van der Waals surface area contributed by atoms with Crippen molar-refractivity contribution in [1.82, 2.24) is 20.1 Å². The molecule has 3 heterocycles. The third-order valence-electron chi connectivity index (χ3n) is 8.09. The first-order valence-electron chi connectivity index (χ1n) is 13.7. The van der Waals surface area contributed by atoms with Crippen LogP contribution in [-0.4, -0.2) is 71.5 Å². The summed E-state index contributed by atoms with van der Waals surface area (Å²) < 4.78 is 53.8. The number of likely N-dealkylation sites (tertiary alicyclic amines) is 1. The van der Waals surface area contributed by atoms with E-state index in [1.165, 1.54) is 6.07 Å². The van der Waals surface area contributed by atoms with E-state index < -0.39 is 17.6 Å². The SMILES string of the molecule is CC[C@H]1CN(c2ncc(C(=O)NC3CC3)cc2Cl)CCN1C1CCN(Cc2ccc(F)cc2C(F)(F)F)CC1.[HH]. The Labute approximate surface area is 232 Å². The van der Waals surface area contributed by atoms with Crippen molar-refractivity contribution >= 4 is 23.3 Å². The number of hydrogen-bond donors (Lipinski definition) is 1. The van der Waals surface area contributed by atoms with Gasteiger partial charge in [-0.2, -0.15) is 13.2 Å². The average Bonchev–Trinajstić information content (AvgIpc) is 3.73. The predicted molar refractivity (Wildman–Crippen MR) is 145 cm³/mol. The quantitative estimate of drug-likeness (QED) is 0.440. The molecule has 214 valence electrons. The number of pyridine rings is 1. The van der Waals surface area contributed by atoms with Crippen molar-refractivity contribution in [2.75, 3.05) is 37.6 Å². The van der Waals surface area contributed by atoms with Crippen LogP contribution in [0.3, 0.4) is 0 Å². The number of carbonyl (C=O) groups is 1. The molecule has 0 bridgehead atoms. The zero-order valence-electron chi connectivity index (χ0n) is 22.0. The number of nitrogens with one attached hydrogen (secondary N) is 1. The Morgan fingerprint density at radius 2 is 1.87 bits per heavy atom. The summed E-state index contributed by atoms with van der Waals surface area (Å²) in [5.74, 6) is -0.330. The summed E-state index contributed by atoms with van der Waals surface area (Å²) in [5.41, 5.74) is -0.311. The van der Waals surface area contributed by atoms with Gasteiger partial charge in [0.05, 0.1) is 16.1 Å². The van der Waals surface area contributed by atoms with Gasteiger partial charge in [-0.05, 0) is 69.0 Å². The fourth-order valence-corrected chi connectivity index (χ4v) is 6.08. The summed E-state index contributed by atoms with van der Waals surface area (Å²) in [5, 5.41) is 3.42. The normalized spacial score (nSPS) is 21.8. The van der Waals surface area contributed by atoms with Crippen LogP contribution < -0.4 is 10.2 Å². The van der Waals surface area contributed by atoms with Gasteiger partial charge in [0.1, 0.15) is 11.6 Å². The molecular weight excluding hydrogens is 534 g/mol. The second-order valence-corrected chi connectivity index (χ2v) is 11.2. The van der Waals surface area contributed by atoms with Gasteiger partial charge >= 0.3 is 6.18 Å². The minimum atomic E-state index is -4.58. The summed E-state index contributed by atoms with van der Waals surface area (Å²) >= 11 is 6.57. The number of rotatable bonds is 7. The van der Waals surface area contributed by atoms with Crippen molar-refractivity contribution in [2.24, 2.45) is 0 Å². The van der Waals surface area contributed by atoms with E-state index in [2.05, 4.69) is 27.0 Å². The molecule has 11 heteroatoms. The van der Waals surface area contributed by atoms with Crippen LogP contribution in [0.1, 0.15) is 61.9 Å². The third kappa shape index (κ3) is 6.66. The van der Waals surface area contributed by atoms with E-state index in [9.17, 15) is 22.4 Å². The fourth-order valence-electron chi connectivity index (χ4n) is 5.79. The number of benzene rings is 1. The van der Waals surface area contributed by atoms with E-state index in [4.69, 9.17) is 11.6 Å². The van der Waals surface area contributed by atoms with E-state index >= 15 is 0 Å². The Balaban J connectivity index is 0.00000370. The van der Waals surface area contributed by atoms with Crippen LogP contribution in [0, 0.1) is 5.82 Å². The highest BCUT2D eigenvalue weighted by Gasteiger charge is 2.36. The number of piperazine rings is 1. The third-order valence-corrected chi connectivity index (χ3v) is 8.37. The molecule has 2 saturated heterocycles. The van der Waals surface area contributed by atoms with Crippen molar-refractivity contribution < 1.29 is 23.8 Å². The summed E-state index contributed by atoms with van der Waals surface area (Å²) in [6, 6.07) is 5.53. The van der Waals surface area contributed by atoms with Crippen LogP contribution in [0.15, 0.2) is 30.5 Å². The van der Waals surface area contributed by atoms with Crippen LogP contribution in [0.4, 0.5) is 23.4 Å². The minimum Gasteiger partial charge on any atom is -0.353 e. The molecule has 1 N–H and O–H groups in total. The van der Waals surface area contributed by atoms with Gasteiger partial charge in [0, 0.05) is 51.9 Å². The predicted octanol–water partition coefficient (Wildman–Crippen LogP) is 5.60. The molecular formula is C28H36ClF4N5O. The molecule has 1 atom stereocenters. The number of carbonyl (C=O) groups excluding carboxylic acids is 1. The van der Waals surface area contributed by atoms with Crippen molar-refractivity contribution in [1.29, 1.82) is 0 Å². The lowest BCUT2D eigenvalue weighted by atomic mass is 9.97. The van der Waals surface area contributed by atoms with Gasteiger partial charge in [-0.15, -0.1) is 0 Å². The van der Waals surface area contributed by atoms with Crippen LogP contribution >= 0.6 is 11.6 Å². The number of nitrogens with zero attached hydrogens (tertiary/aromatic N) is 4. The summed E-state index contributed by atoms with van der Waals surface area (Å²) in [6.45, 7) is 6.04. The molecule has 3 aliphatic rings. The van der Waals surface area contributed by atoms with Gasteiger partial charge in [-0.3, -0.25) is 14.6 Å². The Hall–Kier alpha value is -2.43.